The van der Waals surface area contributed by atoms with Crippen LogP contribution in [0.1, 0.15) is 30.9 Å². The predicted molar refractivity (Wildman–Crippen MR) is 116 cm³/mol. The van der Waals surface area contributed by atoms with Gasteiger partial charge in [-0.2, -0.15) is 0 Å². The standard InChI is InChI=1S/C20H29N3O3.HI/c1-21-20(23-11-8-16(9-12-23)19(24)25-2)22-14-17-10-13-26-18(17)15-6-4-3-5-7-15;/h3-7,16-18H,8-14H2,1-2H3,(H,21,22);1H. The molecule has 2 atom stereocenters. The van der Waals surface area contributed by atoms with Crippen LogP contribution in [0.25, 0.3) is 0 Å². The van der Waals surface area contributed by atoms with E-state index in [9.17, 15) is 4.79 Å². The lowest BCUT2D eigenvalue weighted by Gasteiger charge is -2.33. The minimum Gasteiger partial charge on any atom is -0.469 e. The highest BCUT2D eigenvalue weighted by Crippen LogP contribution is 2.33. The normalized spacial score (nSPS) is 23.6. The number of carbonyl (C=O) groups is 1. The molecule has 0 bridgehead atoms. The van der Waals surface area contributed by atoms with E-state index in [0.717, 1.165) is 51.5 Å². The molecule has 1 N–H and O–H groups in total. The third-order valence-electron chi connectivity index (χ3n) is 5.41. The van der Waals surface area contributed by atoms with Gasteiger partial charge in [-0.25, -0.2) is 0 Å². The van der Waals surface area contributed by atoms with E-state index in [1.165, 1.54) is 12.7 Å². The maximum absolute atomic E-state index is 11.7. The molecular weight excluding hydrogens is 457 g/mol. The quantitative estimate of drug-likeness (QED) is 0.307. The lowest BCUT2D eigenvalue weighted by molar-refractivity contribution is -0.146. The van der Waals surface area contributed by atoms with E-state index in [4.69, 9.17) is 9.47 Å². The monoisotopic (exact) mass is 487 g/mol. The average molecular weight is 487 g/mol. The van der Waals surface area contributed by atoms with Crippen molar-refractivity contribution < 1.29 is 14.3 Å². The maximum atomic E-state index is 11.7. The van der Waals surface area contributed by atoms with Crippen LogP contribution in [0.3, 0.4) is 0 Å². The van der Waals surface area contributed by atoms with Gasteiger partial charge in [-0.05, 0) is 24.8 Å². The highest BCUT2D eigenvalue weighted by molar-refractivity contribution is 14.0. The zero-order chi connectivity index (χ0) is 18.4. The van der Waals surface area contributed by atoms with Gasteiger partial charge in [-0.3, -0.25) is 9.79 Å². The van der Waals surface area contributed by atoms with Gasteiger partial charge in [0.25, 0.3) is 0 Å². The van der Waals surface area contributed by atoms with Crippen molar-refractivity contribution in [2.75, 3.05) is 40.4 Å². The molecule has 7 heteroatoms. The number of carbonyl (C=O) groups excluding carboxylic acids is 1. The molecule has 2 aliphatic heterocycles. The maximum Gasteiger partial charge on any atom is 0.308 e. The minimum atomic E-state index is -0.0959. The topological polar surface area (TPSA) is 63.2 Å². The Labute approximate surface area is 178 Å². The second-order valence-electron chi connectivity index (χ2n) is 6.96. The molecule has 3 rings (SSSR count). The summed E-state index contributed by atoms with van der Waals surface area (Å²) >= 11 is 0. The van der Waals surface area contributed by atoms with Crippen LogP contribution in [0.15, 0.2) is 35.3 Å². The van der Waals surface area contributed by atoms with Crippen LogP contribution in [0.2, 0.25) is 0 Å². The summed E-state index contributed by atoms with van der Waals surface area (Å²) < 4.78 is 10.8. The predicted octanol–water partition coefficient (Wildman–Crippen LogP) is 2.84. The Morgan fingerprint density at radius 3 is 2.59 bits per heavy atom. The molecule has 0 amide bonds. The largest absolute Gasteiger partial charge is 0.469 e. The summed E-state index contributed by atoms with van der Waals surface area (Å²) in [6.07, 6.45) is 2.82. The summed E-state index contributed by atoms with van der Waals surface area (Å²) in [4.78, 5) is 18.3. The summed E-state index contributed by atoms with van der Waals surface area (Å²) in [5.74, 6) is 1.26. The zero-order valence-corrected chi connectivity index (χ0v) is 18.4. The summed E-state index contributed by atoms with van der Waals surface area (Å²) in [5.41, 5.74) is 1.24. The number of guanidine groups is 1. The van der Waals surface area contributed by atoms with Crippen LogP contribution in [-0.4, -0.2) is 57.2 Å². The van der Waals surface area contributed by atoms with E-state index in [-0.39, 0.29) is 42.0 Å². The van der Waals surface area contributed by atoms with Crippen molar-refractivity contribution in [2.24, 2.45) is 16.8 Å². The van der Waals surface area contributed by atoms with Crippen LogP contribution in [0.5, 0.6) is 0 Å². The van der Waals surface area contributed by atoms with E-state index in [1.807, 2.05) is 13.1 Å². The number of piperidine rings is 1. The van der Waals surface area contributed by atoms with Gasteiger partial charge in [0, 0.05) is 39.2 Å². The summed E-state index contributed by atoms with van der Waals surface area (Å²) in [7, 11) is 3.27. The SMILES string of the molecule is CN=C(NCC1CCOC1c1ccccc1)N1CCC(C(=O)OC)CC1.I. The van der Waals surface area contributed by atoms with Crippen molar-refractivity contribution in [2.45, 2.75) is 25.4 Å². The second kappa shape index (κ2) is 10.8. The van der Waals surface area contributed by atoms with Gasteiger partial charge >= 0.3 is 5.97 Å². The van der Waals surface area contributed by atoms with E-state index in [2.05, 4.69) is 39.5 Å². The van der Waals surface area contributed by atoms with Crippen molar-refractivity contribution in [3.63, 3.8) is 0 Å². The first-order valence-electron chi connectivity index (χ1n) is 9.43. The molecule has 0 aromatic heterocycles. The first kappa shape index (κ1) is 21.9. The first-order valence-corrected chi connectivity index (χ1v) is 9.43. The third kappa shape index (κ3) is 5.57. The molecule has 2 unspecified atom stereocenters. The van der Waals surface area contributed by atoms with Crippen LogP contribution in [-0.2, 0) is 14.3 Å². The average Bonchev–Trinajstić information content (AvgIpc) is 3.17. The smallest absolute Gasteiger partial charge is 0.308 e. The first-order chi connectivity index (χ1) is 12.7. The van der Waals surface area contributed by atoms with E-state index in [0.29, 0.717) is 5.92 Å². The molecule has 0 aliphatic carbocycles. The van der Waals surface area contributed by atoms with E-state index in [1.54, 1.807) is 0 Å². The molecule has 2 fully saturated rings. The number of ether oxygens (including phenoxy) is 2. The number of hydrogen-bond acceptors (Lipinski definition) is 4. The number of halogens is 1. The lowest BCUT2D eigenvalue weighted by atomic mass is 9.95. The highest BCUT2D eigenvalue weighted by atomic mass is 127. The van der Waals surface area contributed by atoms with Gasteiger partial charge in [0.1, 0.15) is 0 Å². The van der Waals surface area contributed by atoms with Crippen molar-refractivity contribution in [1.29, 1.82) is 0 Å². The van der Waals surface area contributed by atoms with Crippen molar-refractivity contribution in [3.8, 4) is 0 Å². The number of rotatable bonds is 4. The molecule has 1 aromatic carbocycles. The van der Waals surface area contributed by atoms with E-state index >= 15 is 0 Å². The van der Waals surface area contributed by atoms with Crippen molar-refractivity contribution in [1.82, 2.24) is 10.2 Å². The van der Waals surface area contributed by atoms with Gasteiger partial charge in [0.05, 0.1) is 19.1 Å². The molecule has 0 radical (unpaired) electrons. The van der Waals surface area contributed by atoms with Crippen LogP contribution in [0.4, 0.5) is 0 Å². The number of methoxy groups -OCH3 is 1. The molecule has 2 saturated heterocycles. The Bertz CT molecular complexity index is 618. The van der Waals surface area contributed by atoms with E-state index < -0.39 is 0 Å². The van der Waals surface area contributed by atoms with Crippen molar-refractivity contribution >= 4 is 35.9 Å². The van der Waals surface area contributed by atoms with Crippen LogP contribution < -0.4 is 5.32 Å². The number of nitrogens with zero attached hydrogens (tertiary/aromatic N) is 2. The molecule has 0 saturated carbocycles. The zero-order valence-electron chi connectivity index (χ0n) is 16.1. The summed E-state index contributed by atoms with van der Waals surface area (Å²) in [5, 5.41) is 3.52. The van der Waals surface area contributed by atoms with Crippen LogP contribution in [0, 0.1) is 11.8 Å². The molecule has 2 heterocycles. The molecular formula is C20H30IN3O3. The number of nitrogens with one attached hydrogen (secondary N) is 1. The summed E-state index contributed by atoms with van der Waals surface area (Å²) in [6, 6.07) is 10.4. The molecule has 6 nitrogen and oxygen atoms in total. The number of aliphatic imine (C=N–C) groups is 1. The van der Waals surface area contributed by atoms with Gasteiger partial charge in [0.15, 0.2) is 5.96 Å². The molecule has 150 valence electrons. The highest BCUT2D eigenvalue weighted by Gasteiger charge is 2.31. The minimum absolute atomic E-state index is 0. The Morgan fingerprint density at radius 2 is 1.96 bits per heavy atom. The van der Waals surface area contributed by atoms with Gasteiger partial charge in [-0.1, -0.05) is 30.3 Å². The Morgan fingerprint density at radius 1 is 1.26 bits per heavy atom. The summed E-state index contributed by atoms with van der Waals surface area (Å²) in [6.45, 7) is 3.28. The second-order valence-corrected chi connectivity index (χ2v) is 6.96. The molecule has 27 heavy (non-hydrogen) atoms. The Hall–Kier alpha value is -1.35. The third-order valence-corrected chi connectivity index (χ3v) is 5.41. The molecule has 2 aliphatic rings. The van der Waals surface area contributed by atoms with Gasteiger partial charge in [-0.15, -0.1) is 24.0 Å². The number of benzene rings is 1. The molecule has 0 spiro atoms. The number of hydrogen-bond donors (Lipinski definition) is 1. The van der Waals surface area contributed by atoms with Gasteiger partial charge in [0.2, 0.25) is 0 Å². The fraction of sp³-hybridized carbons (Fsp3) is 0.600. The number of likely N-dealkylation sites (tertiary alicyclic amines) is 1. The Kier molecular flexibility index (Phi) is 8.82. The lowest BCUT2D eigenvalue weighted by Crippen LogP contribution is -2.47. The van der Waals surface area contributed by atoms with Crippen LogP contribution >= 0.6 is 24.0 Å². The number of esters is 1. The fourth-order valence-electron chi connectivity index (χ4n) is 3.90. The Balaban J connectivity index is 0.00000261. The molecule has 1 aromatic rings. The van der Waals surface area contributed by atoms with Gasteiger partial charge < -0.3 is 19.7 Å². The van der Waals surface area contributed by atoms with Crippen molar-refractivity contribution in [3.05, 3.63) is 35.9 Å². The fourth-order valence-corrected chi connectivity index (χ4v) is 3.90.